The van der Waals surface area contributed by atoms with Crippen LogP contribution in [0.15, 0.2) is 48.6 Å². The molecule has 0 heteroatoms. The smallest absolute Gasteiger partial charge is 0.0166 e. The Morgan fingerprint density at radius 1 is 0.462 bits per heavy atom. The molecule has 0 nitrogen and oxygen atoms in total. The van der Waals surface area contributed by atoms with Gasteiger partial charge in [0, 0.05) is 0 Å². The van der Waals surface area contributed by atoms with Gasteiger partial charge < -0.3 is 0 Å². The second-order valence-electron chi connectivity index (χ2n) is 3.19. The van der Waals surface area contributed by atoms with Crippen LogP contribution in [-0.2, 0) is 0 Å². The first-order chi connectivity index (χ1) is 6.50. The van der Waals surface area contributed by atoms with Gasteiger partial charge in [-0.25, -0.2) is 0 Å². The van der Waals surface area contributed by atoms with Crippen molar-refractivity contribution in [1.82, 2.24) is 0 Å². The quantitative estimate of drug-likeness (QED) is 0.483. The average Bonchev–Trinajstić information content (AvgIpc) is 2.18. The first-order valence-electron chi connectivity index (χ1n) is 5.12. The van der Waals surface area contributed by atoms with Crippen LogP contribution in [-0.4, -0.2) is 0 Å². The Morgan fingerprint density at radius 3 is 1.77 bits per heavy atom. The molecular formula is C13H18. The molecule has 1 aliphatic carbocycles. The minimum Gasteiger partial charge on any atom is -0.0882 e. The monoisotopic (exact) mass is 174 g/mol. The zero-order valence-corrected chi connectivity index (χ0v) is 8.15. The summed E-state index contributed by atoms with van der Waals surface area (Å²) in [5.74, 6) is 0. The zero-order chi connectivity index (χ0) is 9.19. The van der Waals surface area contributed by atoms with Gasteiger partial charge in [-0.2, -0.15) is 0 Å². The average molecular weight is 174 g/mol. The van der Waals surface area contributed by atoms with Crippen LogP contribution in [0.5, 0.6) is 0 Å². The summed E-state index contributed by atoms with van der Waals surface area (Å²) in [7, 11) is 0. The minimum absolute atomic E-state index is 1.06. The molecule has 0 N–H and O–H groups in total. The molecule has 1 rings (SSSR count). The summed E-state index contributed by atoms with van der Waals surface area (Å²) in [6.45, 7) is 0. The molecule has 0 aliphatic heterocycles. The van der Waals surface area contributed by atoms with Gasteiger partial charge in [0.1, 0.15) is 0 Å². The van der Waals surface area contributed by atoms with Crippen LogP contribution in [0.3, 0.4) is 0 Å². The molecule has 0 spiro atoms. The third kappa shape index (κ3) is 6.15. The molecule has 0 radical (unpaired) electrons. The standard InChI is InChI=1S/C13H18/c1-2-4-6-8-10-12-13-11-9-7-5-3-1/h1-4,7,9-10,12H,5-6,8,11,13H2/b3-1?,4-2?,9-7-,12-10-. The Bertz CT molecular complexity index is 216. The predicted molar refractivity (Wildman–Crippen MR) is 59.6 cm³/mol. The van der Waals surface area contributed by atoms with E-state index in [0.717, 1.165) is 12.8 Å². The number of hydrogen-bond acceptors (Lipinski definition) is 0. The molecule has 70 valence electrons. The van der Waals surface area contributed by atoms with Gasteiger partial charge in [-0.15, -0.1) is 0 Å². The van der Waals surface area contributed by atoms with E-state index in [2.05, 4.69) is 48.6 Å². The molecule has 0 aromatic carbocycles. The van der Waals surface area contributed by atoms with E-state index in [1.807, 2.05) is 0 Å². The Labute approximate surface area is 81.4 Å². The van der Waals surface area contributed by atoms with Gasteiger partial charge in [-0.3, -0.25) is 0 Å². The van der Waals surface area contributed by atoms with E-state index in [4.69, 9.17) is 0 Å². The summed E-state index contributed by atoms with van der Waals surface area (Å²) in [6.07, 6.45) is 23.5. The second kappa shape index (κ2) is 7.60. The molecule has 1 aliphatic rings. The fourth-order valence-electron chi connectivity index (χ4n) is 1.25. The molecular weight excluding hydrogens is 156 g/mol. The maximum Gasteiger partial charge on any atom is -0.0166 e. The highest BCUT2D eigenvalue weighted by molar-refractivity contribution is 5.05. The van der Waals surface area contributed by atoms with Crippen molar-refractivity contribution in [2.75, 3.05) is 0 Å². The highest BCUT2D eigenvalue weighted by Crippen LogP contribution is 2.00. The van der Waals surface area contributed by atoms with Crippen molar-refractivity contribution in [3.63, 3.8) is 0 Å². The van der Waals surface area contributed by atoms with Crippen LogP contribution in [0, 0.1) is 0 Å². The maximum absolute atomic E-state index is 2.28. The third-order valence-electron chi connectivity index (χ3n) is 1.99. The first-order valence-corrected chi connectivity index (χ1v) is 5.12. The van der Waals surface area contributed by atoms with Crippen molar-refractivity contribution in [1.29, 1.82) is 0 Å². The van der Waals surface area contributed by atoms with Gasteiger partial charge in [0.15, 0.2) is 0 Å². The van der Waals surface area contributed by atoms with Crippen LogP contribution in [0.4, 0.5) is 0 Å². The molecule has 0 unspecified atom stereocenters. The molecule has 0 saturated heterocycles. The topological polar surface area (TPSA) is 0 Å². The van der Waals surface area contributed by atoms with Crippen molar-refractivity contribution >= 4 is 0 Å². The summed E-state index contributed by atoms with van der Waals surface area (Å²) in [6, 6.07) is 0. The summed E-state index contributed by atoms with van der Waals surface area (Å²) < 4.78 is 0. The van der Waals surface area contributed by atoms with Crippen molar-refractivity contribution in [2.24, 2.45) is 0 Å². The lowest BCUT2D eigenvalue weighted by Gasteiger charge is -1.87. The Kier molecular flexibility index (Phi) is 5.87. The van der Waals surface area contributed by atoms with Crippen LogP contribution < -0.4 is 0 Å². The highest BCUT2D eigenvalue weighted by Gasteiger charge is 1.79. The van der Waals surface area contributed by atoms with E-state index in [-0.39, 0.29) is 0 Å². The van der Waals surface area contributed by atoms with E-state index in [1.165, 1.54) is 19.3 Å². The van der Waals surface area contributed by atoms with Gasteiger partial charge in [0.25, 0.3) is 0 Å². The lowest BCUT2D eigenvalue weighted by molar-refractivity contribution is 1.00. The van der Waals surface area contributed by atoms with Crippen molar-refractivity contribution < 1.29 is 0 Å². The predicted octanol–water partition coefficient (Wildman–Crippen LogP) is 4.18. The lowest BCUT2D eigenvalue weighted by atomic mass is 10.2. The fraction of sp³-hybridized carbons (Fsp3) is 0.385. The molecule has 0 heterocycles. The van der Waals surface area contributed by atoms with Crippen LogP contribution in [0.25, 0.3) is 0 Å². The third-order valence-corrected chi connectivity index (χ3v) is 1.99. The maximum atomic E-state index is 2.28. The summed E-state index contributed by atoms with van der Waals surface area (Å²) >= 11 is 0. The lowest BCUT2D eigenvalue weighted by Crippen LogP contribution is -1.66. The Hall–Kier alpha value is -1.04. The minimum atomic E-state index is 1.06. The fourth-order valence-corrected chi connectivity index (χ4v) is 1.25. The largest absolute Gasteiger partial charge is 0.0882 e. The number of hydrogen-bond donors (Lipinski definition) is 0. The molecule has 0 aromatic heterocycles. The summed E-state index contributed by atoms with van der Waals surface area (Å²) in [5, 5.41) is 0. The highest BCUT2D eigenvalue weighted by atomic mass is 13.9. The van der Waals surface area contributed by atoms with Crippen LogP contribution >= 0.6 is 0 Å². The van der Waals surface area contributed by atoms with Crippen molar-refractivity contribution in [2.45, 2.75) is 32.1 Å². The molecule has 13 heavy (non-hydrogen) atoms. The normalized spacial score (nSPS) is 24.0. The molecule has 0 atom stereocenters. The van der Waals surface area contributed by atoms with Crippen molar-refractivity contribution in [3.8, 4) is 0 Å². The van der Waals surface area contributed by atoms with Gasteiger partial charge in [0.2, 0.25) is 0 Å². The number of rotatable bonds is 0. The van der Waals surface area contributed by atoms with E-state index in [0.29, 0.717) is 0 Å². The first kappa shape index (κ1) is 10.0. The zero-order valence-electron chi connectivity index (χ0n) is 8.15. The Balaban J connectivity index is 2.38. The molecule has 0 fully saturated rings. The van der Waals surface area contributed by atoms with Gasteiger partial charge in [0.05, 0.1) is 0 Å². The van der Waals surface area contributed by atoms with Gasteiger partial charge >= 0.3 is 0 Å². The molecule has 0 bridgehead atoms. The molecule has 0 aromatic rings. The summed E-state index contributed by atoms with van der Waals surface area (Å²) in [5.41, 5.74) is 0. The van der Waals surface area contributed by atoms with Crippen molar-refractivity contribution in [3.05, 3.63) is 48.6 Å². The molecule has 0 saturated carbocycles. The summed E-state index contributed by atoms with van der Waals surface area (Å²) in [4.78, 5) is 0. The second-order valence-corrected chi connectivity index (χ2v) is 3.19. The SMILES string of the molecule is C1=CC/C=C\CC/C=C\CCC=C1. The van der Waals surface area contributed by atoms with Crippen LogP contribution in [0.1, 0.15) is 32.1 Å². The van der Waals surface area contributed by atoms with Gasteiger partial charge in [-0.1, -0.05) is 48.6 Å². The number of allylic oxidation sites excluding steroid dienone is 8. The van der Waals surface area contributed by atoms with E-state index in [1.54, 1.807) is 0 Å². The van der Waals surface area contributed by atoms with E-state index >= 15 is 0 Å². The van der Waals surface area contributed by atoms with E-state index in [9.17, 15) is 0 Å². The Morgan fingerprint density at radius 2 is 1.00 bits per heavy atom. The van der Waals surface area contributed by atoms with Crippen LogP contribution in [0.2, 0.25) is 0 Å². The van der Waals surface area contributed by atoms with Gasteiger partial charge in [-0.05, 0) is 32.1 Å². The molecule has 0 amide bonds. The van der Waals surface area contributed by atoms with E-state index < -0.39 is 0 Å².